The average Bonchev–Trinajstić information content (AvgIpc) is 3.92. The molecule has 0 radical (unpaired) electrons. The molecule has 3 amide bonds. The van der Waals surface area contributed by atoms with Gasteiger partial charge in [-0.2, -0.15) is 4.98 Å². The smallest absolute Gasteiger partial charge is 0.408 e. The number of halogens is 1. The standard InChI is InChI=1S/C36H44FN5O7/c1-5-21-18-36(21,33(45)46)41-31(43)27-16-23(19-42(27)32(44)29(35(2,3)4)40-34(47)49-22-10-6-7-11-22)48-28-17-26(24-12-8-9-13-25(24)37)38-30(39-28)20-14-15-20/h5,8-9,12-13,17,20-23,27,29H,1,6-7,10-11,14-16,18-19H2,2-4H3,(H,40,47)(H,41,43)(H,45,46)/t21-,23-,27+,29-,36-/m1/s1. The van der Waals surface area contributed by atoms with Gasteiger partial charge in [-0.25, -0.2) is 19.0 Å². The van der Waals surface area contributed by atoms with Crippen molar-refractivity contribution in [3.05, 3.63) is 54.6 Å². The van der Waals surface area contributed by atoms with Crippen LogP contribution in [0.15, 0.2) is 43.0 Å². The maximum Gasteiger partial charge on any atom is 0.408 e. The zero-order valence-corrected chi connectivity index (χ0v) is 28.1. The van der Waals surface area contributed by atoms with Crippen LogP contribution in [0.4, 0.5) is 9.18 Å². The Balaban J connectivity index is 1.27. The maximum absolute atomic E-state index is 14.8. The van der Waals surface area contributed by atoms with E-state index in [1.807, 2.05) is 0 Å². The summed E-state index contributed by atoms with van der Waals surface area (Å²) < 4.78 is 26.7. The largest absolute Gasteiger partial charge is 0.479 e. The molecule has 2 heterocycles. The van der Waals surface area contributed by atoms with Crippen molar-refractivity contribution >= 4 is 23.9 Å². The second kappa shape index (κ2) is 13.4. The molecule has 0 bridgehead atoms. The van der Waals surface area contributed by atoms with E-state index in [4.69, 9.17) is 9.47 Å². The van der Waals surface area contributed by atoms with Crippen LogP contribution in [0, 0.1) is 17.2 Å². The minimum Gasteiger partial charge on any atom is -0.479 e. The van der Waals surface area contributed by atoms with Crippen molar-refractivity contribution in [2.24, 2.45) is 11.3 Å². The van der Waals surface area contributed by atoms with Crippen molar-refractivity contribution < 1.29 is 38.1 Å². The first-order valence-corrected chi connectivity index (χ1v) is 17.0. The summed E-state index contributed by atoms with van der Waals surface area (Å²) in [6.07, 6.45) is 5.28. The lowest BCUT2D eigenvalue weighted by Crippen LogP contribution is -2.59. The van der Waals surface area contributed by atoms with Crippen LogP contribution in [0.2, 0.25) is 0 Å². The molecule has 1 aromatic carbocycles. The highest BCUT2D eigenvalue weighted by Gasteiger charge is 2.61. The van der Waals surface area contributed by atoms with Gasteiger partial charge in [0.2, 0.25) is 17.7 Å². The van der Waals surface area contributed by atoms with E-state index < -0.39 is 64.8 Å². The first-order valence-electron chi connectivity index (χ1n) is 17.0. The Labute approximate surface area is 284 Å². The third-order valence-electron chi connectivity index (χ3n) is 9.93. The molecule has 5 atom stereocenters. The van der Waals surface area contributed by atoms with E-state index in [9.17, 15) is 28.7 Å². The zero-order chi connectivity index (χ0) is 35.1. The van der Waals surface area contributed by atoms with Crippen LogP contribution < -0.4 is 15.4 Å². The van der Waals surface area contributed by atoms with Gasteiger partial charge in [-0.1, -0.05) is 39.0 Å². The number of benzene rings is 1. The van der Waals surface area contributed by atoms with Crippen LogP contribution in [-0.4, -0.2) is 80.2 Å². The van der Waals surface area contributed by atoms with Gasteiger partial charge in [0.05, 0.1) is 12.2 Å². The molecular weight excluding hydrogens is 633 g/mol. The molecule has 12 nitrogen and oxygen atoms in total. The van der Waals surface area contributed by atoms with Crippen LogP contribution in [-0.2, 0) is 19.1 Å². The molecule has 4 fully saturated rings. The van der Waals surface area contributed by atoms with Crippen molar-refractivity contribution in [2.75, 3.05) is 6.54 Å². The van der Waals surface area contributed by atoms with Crippen molar-refractivity contribution in [3.63, 3.8) is 0 Å². The molecule has 262 valence electrons. The summed E-state index contributed by atoms with van der Waals surface area (Å²) in [6.45, 7) is 9.04. The Kier molecular flexibility index (Phi) is 9.38. The fraction of sp³-hybridized carbons (Fsp3) is 0.556. The van der Waals surface area contributed by atoms with Crippen molar-refractivity contribution in [2.45, 2.75) is 108 Å². The normalized spacial score (nSPS) is 25.7. The molecule has 2 aromatic rings. The van der Waals surface area contributed by atoms with E-state index in [2.05, 4.69) is 27.2 Å². The predicted octanol–water partition coefficient (Wildman–Crippen LogP) is 4.74. The number of nitrogens with one attached hydrogen (secondary N) is 2. The number of aliphatic carboxylic acids is 1. The van der Waals surface area contributed by atoms with Crippen LogP contribution >= 0.6 is 0 Å². The van der Waals surface area contributed by atoms with E-state index >= 15 is 0 Å². The molecule has 6 rings (SSSR count). The molecule has 49 heavy (non-hydrogen) atoms. The molecule has 3 saturated carbocycles. The van der Waals surface area contributed by atoms with Gasteiger partial charge in [0.1, 0.15) is 41.5 Å². The Morgan fingerprint density at radius 2 is 1.82 bits per heavy atom. The third kappa shape index (κ3) is 7.40. The fourth-order valence-corrected chi connectivity index (χ4v) is 6.82. The van der Waals surface area contributed by atoms with Gasteiger partial charge in [-0.15, -0.1) is 6.58 Å². The lowest BCUT2D eigenvalue weighted by molar-refractivity contribution is -0.146. The molecule has 0 spiro atoms. The van der Waals surface area contributed by atoms with Gasteiger partial charge in [-0.3, -0.25) is 9.59 Å². The zero-order valence-electron chi connectivity index (χ0n) is 28.1. The molecular formula is C36H44FN5O7. The molecule has 1 aliphatic heterocycles. The topological polar surface area (TPSA) is 160 Å². The van der Waals surface area contributed by atoms with Crippen LogP contribution in [0.5, 0.6) is 5.88 Å². The highest BCUT2D eigenvalue weighted by Crippen LogP contribution is 2.45. The van der Waals surface area contributed by atoms with Gasteiger partial charge in [0, 0.05) is 29.9 Å². The number of carboxylic acid groups (broad SMARTS) is 1. The predicted molar refractivity (Wildman–Crippen MR) is 176 cm³/mol. The minimum absolute atomic E-state index is 0.0210. The summed E-state index contributed by atoms with van der Waals surface area (Å²) in [6, 6.07) is 5.63. The number of hydrogen-bond acceptors (Lipinski definition) is 8. The number of hydrogen-bond donors (Lipinski definition) is 3. The molecule has 4 aliphatic rings. The number of alkyl carbamates (subject to hydrolysis) is 1. The number of ether oxygens (including phenoxy) is 2. The molecule has 13 heteroatoms. The second-order valence-corrected chi connectivity index (χ2v) is 14.8. The highest BCUT2D eigenvalue weighted by molar-refractivity contribution is 5.96. The quantitative estimate of drug-likeness (QED) is 0.286. The molecule has 3 aliphatic carbocycles. The van der Waals surface area contributed by atoms with Gasteiger partial charge >= 0.3 is 12.1 Å². The van der Waals surface area contributed by atoms with Crippen molar-refractivity contribution in [1.29, 1.82) is 0 Å². The number of rotatable bonds is 11. The Morgan fingerprint density at radius 1 is 1.10 bits per heavy atom. The van der Waals surface area contributed by atoms with Gasteiger partial charge in [-0.05, 0) is 62.5 Å². The van der Waals surface area contributed by atoms with Gasteiger partial charge in [0.15, 0.2) is 0 Å². The Bertz CT molecular complexity index is 1640. The summed E-state index contributed by atoms with van der Waals surface area (Å²) in [5.74, 6) is -2.44. The van der Waals surface area contributed by atoms with Gasteiger partial charge < -0.3 is 30.1 Å². The average molecular weight is 678 g/mol. The summed E-state index contributed by atoms with van der Waals surface area (Å²) >= 11 is 0. The van der Waals surface area contributed by atoms with E-state index in [0.717, 1.165) is 38.5 Å². The van der Waals surface area contributed by atoms with Crippen LogP contribution in [0.1, 0.15) is 83.9 Å². The van der Waals surface area contributed by atoms with E-state index in [1.54, 1.807) is 45.0 Å². The number of nitrogens with zero attached hydrogens (tertiary/aromatic N) is 3. The Hall–Kier alpha value is -4.55. The van der Waals surface area contributed by atoms with Crippen LogP contribution in [0.3, 0.4) is 0 Å². The summed E-state index contributed by atoms with van der Waals surface area (Å²) in [5, 5.41) is 15.4. The lowest BCUT2D eigenvalue weighted by Gasteiger charge is -2.35. The van der Waals surface area contributed by atoms with Crippen LogP contribution in [0.25, 0.3) is 11.3 Å². The van der Waals surface area contributed by atoms with E-state index in [-0.39, 0.29) is 37.3 Å². The number of aromatic nitrogens is 2. The summed E-state index contributed by atoms with van der Waals surface area (Å²) in [7, 11) is 0. The first-order chi connectivity index (χ1) is 23.3. The Morgan fingerprint density at radius 3 is 2.43 bits per heavy atom. The number of carbonyl (C=O) groups is 4. The monoisotopic (exact) mass is 677 g/mol. The number of amides is 3. The van der Waals surface area contributed by atoms with Crippen molar-refractivity contribution in [3.8, 4) is 17.1 Å². The lowest BCUT2D eigenvalue weighted by atomic mass is 9.85. The summed E-state index contributed by atoms with van der Waals surface area (Å²) in [4.78, 5) is 64.0. The molecule has 0 unspecified atom stereocenters. The molecule has 1 aromatic heterocycles. The second-order valence-electron chi connectivity index (χ2n) is 14.8. The molecule has 1 saturated heterocycles. The number of likely N-dealkylation sites (tertiary alicyclic amines) is 1. The SMILES string of the molecule is C=C[C@@H]1C[C@]1(NC(=O)[C@@H]1C[C@@H](Oc2cc(-c3ccccc3F)nc(C3CC3)n2)CN1C(=O)[C@@H](NC(=O)OC1CCCC1)C(C)(C)C)C(=O)O. The maximum atomic E-state index is 14.8. The highest BCUT2D eigenvalue weighted by atomic mass is 19.1. The fourth-order valence-electron chi connectivity index (χ4n) is 6.82. The summed E-state index contributed by atoms with van der Waals surface area (Å²) in [5.41, 5.74) is -1.64. The number of carboxylic acids is 1. The van der Waals surface area contributed by atoms with E-state index in [1.165, 1.54) is 17.0 Å². The minimum atomic E-state index is -1.51. The first kappa shape index (κ1) is 34.3. The third-order valence-corrected chi connectivity index (χ3v) is 9.93. The van der Waals surface area contributed by atoms with Crippen molar-refractivity contribution in [1.82, 2.24) is 25.5 Å². The van der Waals surface area contributed by atoms with E-state index in [0.29, 0.717) is 17.1 Å². The molecule has 3 N–H and O–H groups in total. The number of carbonyl (C=O) groups excluding carboxylic acids is 3. The van der Waals surface area contributed by atoms with Gasteiger partial charge in [0.25, 0.3) is 0 Å².